The second-order valence-corrected chi connectivity index (χ2v) is 5.70. The third-order valence-electron chi connectivity index (χ3n) is 2.85. The maximum Gasteiger partial charge on any atom is 0.124 e. The van der Waals surface area contributed by atoms with E-state index in [1.165, 1.54) is 12.8 Å². The van der Waals surface area contributed by atoms with Gasteiger partial charge in [-0.25, -0.2) is 0 Å². The van der Waals surface area contributed by atoms with Crippen molar-refractivity contribution in [2.45, 2.75) is 31.6 Å². The molecule has 16 heavy (non-hydrogen) atoms. The monoisotopic (exact) mass is 302 g/mol. The summed E-state index contributed by atoms with van der Waals surface area (Å²) in [4.78, 5) is 0. The number of ether oxygens (including phenoxy) is 1. The Labute approximate surface area is 110 Å². The van der Waals surface area contributed by atoms with E-state index in [2.05, 4.69) is 22.0 Å². The third kappa shape index (κ3) is 3.14. The first kappa shape index (κ1) is 12.3. The van der Waals surface area contributed by atoms with E-state index >= 15 is 0 Å². The molecule has 2 rings (SSSR count). The summed E-state index contributed by atoms with van der Waals surface area (Å²) in [6.07, 6.45) is 3.74. The summed E-state index contributed by atoms with van der Waals surface area (Å²) in [6, 6.07) is 6.06. The van der Waals surface area contributed by atoms with Gasteiger partial charge in [0.05, 0.1) is 12.0 Å². The van der Waals surface area contributed by atoms with Crippen LogP contribution in [0.5, 0.6) is 5.75 Å². The van der Waals surface area contributed by atoms with Crippen LogP contribution in [-0.4, -0.2) is 6.61 Å². The minimum absolute atomic E-state index is 0.0755. The van der Waals surface area contributed by atoms with Crippen LogP contribution in [0.3, 0.4) is 0 Å². The van der Waals surface area contributed by atoms with Gasteiger partial charge < -0.3 is 4.74 Å². The highest BCUT2D eigenvalue weighted by Gasteiger charge is 2.26. The molecule has 1 aromatic carbocycles. The van der Waals surface area contributed by atoms with Gasteiger partial charge >= 0.3 is 0 Å². The fraction of sp³-hybridized carbons (Fsp3) is 0.538. The highest BCUT2D eigenvalue weighted by Crippen LogP contribution is 2.43. The van der Waals surface area contributed by atoms with Crippen LogP contribution in [0.15, 0.2) is 22.7 Å². The molecule has 0 saturated heterocycles. The zero-order chi connectivity index (χ0) is 11.5. The molecular weight excluding hydrogens is 287 g/mol. The van der Waals surface area contributed by atoms with Crippen molar-refractivity contribution < 1.29 is 4.74 Å². The lowest BCUT2D eigenvalue weighted by Crippen LogP contribution is -1.99. The van der Waals surface area contributed by atoms with Crippen molar-refractivity contribution >= 4 is 27.5 Å². The molecule has 0 heterocycles. The predicted octanol–water partition coefficient (Wildman–Crippen LogP) is 4.93. The van der Waals surface area contributed by atoms with Gasteiger partial charge in [-0.1, -0.05) is 28.8 Å². The molecule has 0 spiro atoms. The summed E-state index contributed by atoms with van der Waals surface area (Å²) >= 11 is 9.94. The standard InChI is InChI=1S/C13H16BrClO/c1-2-16-13-6-5-10(14)8-11(13)12(15)7-9-3-4-9/h5-6,8-9,12H,2-4,7H2,1H3. The van der Waals surface area contributed by atoms with Gasteiger partial charge in [-0.2, -0.15) is 0 Å². The second kappa shape index (κ2) is 5.42. The molecule has 0 N–H and O–H groups in total. The van der Waals surface area contributed by atoms with Crippen molar-refractivity contribution in [2.75, 3.05) is 6.61 Å². The van der Waals surface area contributed by atoms with Crippen LogP contribution in [0.4, 0.5) is 0 Å². The lowest BCUT2D eigenvalue weighted by Gasteiger charge is -2.15. The largest absolute Gasteiger partial charge is 0.494 e. The fourth-order valence-electron chi connectivity index (χ4n) is 1.82. The molecule has 1 fully saturated rings. The van der Waals surface area contributed by atoms with E-state index in [0.29, 0.717) is 6.61 Å². The first-order valence-corrected chi connectivity index (χ1v) is 7.00. The number of hydrogen-bond donors (Lipinski definition) is 0. The molecule has 88 valence electrons. The Morgan fingerprint density at radius 1 is 1.50 bits per heavy atom. The van der Waals surface area contributed by atoms with Crippen LogP contribution < -0.4 is 4.74 Å². The van der Waals surface area contributed by atoms with Gasteiger partial charge in [-0.15, -0.1) is 11.6 Å². The van der Waals surface area contributed by atoms with Crippen molar-refractivity contribution in [2.24, 2.45) is 5.92 Å². The normalized spacial score (nSPS) is 17.2. The number of halogens is 2. The Kier molecular flexibility index (Phi) is 4.15. The van der Waals surface area contributed by atoms with E-state index in [0.717, 1.165) is 28.1 Å². The van der Waals surface area contributed by atoms with Gasteiger partial charge in [0.1, 0.15) is 5.75 Å². The van der Waals surface area contributed by atoms with Crippen molar-refractivity contribution in [1.29, 1.82) is 0 Å². The number of hydrogen-bond acceptors (Lipinski definition) is 1. The lowest BCUT2D eigenvalue weighted by atomic mass is 10.1. The maximum atomic E-state index is 6.45. The first-order chi connectivity index (χ1) is 7.70. The van der Waals surface area contributed by atoms with E-state index in [1.54, 1.807) is 0 Å². The molecule has 1 aliphatic rings. The Bertz CT molecular complexity index is 363. The Hall–Kier alpha value is -0.210. The Morgan fingerprint density at radius 3 is 2.88 bits per heavy atom. The molecule has 0 radical (unpaired) electrons. The van der Waals surface area contributed by atoms with Gasteiger partial charge in [0.2, 0.25) is 0 Å². The summed E-state index contributed by atoms with van der Waals surface area (Å²) < 4.78 is 6.67. The molecule has 0 bridgehead atoms. The minimum atomic E-state index is 0.0755. The summed E-state index contributed by atoms with van der Waals surface area (Å²) in [7, 11) is 0. The van der Waals surface area contributed by atoms with Crippen molar-refractivity contribution in [3.05, 3.63) is 28.2 Å². The highest BCUT2D eigenvalue weighted by atomic mass is 79.9. The molecule has 1 unspecified atom stereocenters. The number of alkyl halides is 1. The van der Waals surface area contributed by atoms with Gasteiger partial charge in [0.25, 0.3) is 0 Å². The number of benzene rings is 1. The average Bonchev–Trinajstić information content (AvgIpc) is 3.05. The summed E-state index contributed by atoms with van der Waals surface area (Å²) in [5, 5.41) is 0.0755. The van der Waals surface area contributed by atoms with E-state index in [1.807, 2.05) is 19.1 Å². The molecule has 0 aliphatic heterocycles. The van der Waals surface area contributed by atoms with E-state index in [4.69, 9.17) is 16.3 Å². The van der Waals surface area contributed by atoms with Crippen LogP contribution in [0.2, 0.25) is 0 Å². The van der Waals surface area contributed by atoms with Crippen LogP contribution in [0, 0.1) is 5.92 Å². The predicted molar refractivity (Wildman–Crippen MR) is 71.2 cm³/mol. The Balaban J connectivity index is 2.17. The lowest BCUT2D eigenvalue weighted by molar-refractivity contribution is 0.335. The molecule has 3 heteroatoms. The van der Waals surface area contributed by atoms with Gasteiger partial charge in [0, 0.05) is 10.0 Å². The van der Waals surface area contributed by atoms with Crippen molar-refractivity contribution in [1.82, 2.24) is 0 Å². The second-order valence-electron chi connectivity index (χ2n) is 4.26. The van der Waals surface area contributed by atoms with Gasteiger partial charge in [-0.05, 0) is 37.5 Å². The molecule has 1 aromatic rings. The minimum Gasteiger partial charge on any atom is -0.494 e. The molecule has 1 saturated carbocycles. The molecule has 0 amide bonds. The molecule has 1 nitrogen and oxygen atoms in total. The zero-order valence-electron chi connectivity index (χ0n) is 9.38. The third-order valence-corrected chi connectivity index (χ3v) is 3.75. The first-order valence-electron chi connectivity index (χ1n) is 5.77. The topological polar surface area (TPSA) is 9.23 Å². The van der Waals surface area contributed by atoms with Gasteiger partial charge in [-0.3, -0.25) is 0 Å². The smallest absolute Gasteiger partial charge is 0.124 e. The van der Waals surface area contributed by atoms with Crippen molar-refractivity contribution in [3.8, 4) is 5.75 Å². The van der Waals surface area contributed by atoms with Crippen LogP contribution >= 0.6 is 27.5 Å². The summed E-state index contributed by atoms with van der Waals surface area (Å²) in [6.45, 7) is 2.68. The summed E-state index contributed by atoms with van der Waals surface area (Å²) in [5.41, 5.74) is 1.12. The van der Waals surface area contributed by atoms with E-state index < -0.39 is 0 Å². The molecule has 1 aliphatic carbocycles. The fourth-order valence-corrected chi connectivity index (χ4v) is 2.63. The number of rotatable bonds is 5. The SMILES string of the molecule is CCOc1ccc(Br)cc1C(Cl)CC1CC1. The maximum absolute atomic E-state index is 6.45. The highest BCUT2D eigenvalue weighted by molar-refractivity contribution is 9.10. The molecule has 0 aromatic heterocycles. The van der Waals surface area contributed by atoms with E-state index in [9.17, 15) is 0 Å². The zero-order valence-corrected chi connectivity index (χ0v) is 11.7. The Morgan fingerprint density at radius 2 is 2.25 bits per heavy atom. The molecular formula is C13H16BrClO. The molecule has 1 atom stereocenters. The van der Waals surface area contributed by atoms with Crippen LogP contribution in [0.1, 0.15) is 37.1 Å². The van der Waals surface area contributed by atoms with Gasteiger partial charge in [0.15, 0.2) is 0 Å². The average molecular weight is 304 g/mol. The van der Waals surface area contributed by atoms with Crippen LogP contribution in [0.25, 0.3) is 0 Å². The van der Waals surface area contributed by atoms with Crippen LogP contribution in [-0.2, 0) is 0 Å². The van der Waals surface area contributed by atoms with E-state index in [-0.39, 0.29) is 5.38 Å². The van der Waals surface area contributed by atoms with Crippen molar-refractivity contribution in [3.63, 3.8) is 0 Å². The quantitative estimate of drug-likeness (QED) is 0.701. The summed E-state index contributed by atoms with van der Waals surface area (Å²) in [5.74, 6) is 1.75.